The number of hydrogen-bond acceptors (Lipinski definition) is 6. The predicted octanol–water partition coefficient (Wildman–Crippen LogP) is 1.59. The molecule has 0 fully saturated rings. The van der Waals surface area contributed by atoms with E-state index in [4.69, 9.17) is 9.84 Å². The number of ether oxygens (including phenoxy) is 1. The van der Waals surface area contributed by atoms with Gasteiger partial charge in [-0.05, 0) is 20.3 Å². The molecule has 0 saturated carbocycles. The summed E-state index contributed by atoms with van der Waals surface area (Å²) in [6.07, 6.45) is 1.69. The number of anilines is 2. The van der Waals surface area contributed by atoms with E-state index in [1.54, 1.807) is 0 Å². The van der Waals surface area contributed by atoms with Crippen LogP contribution in [0.1, 0.15) is 31.7 Å². The molecule has 0 spiro atoms. The summed E-state index contributed by atoms with van der Waals surface area (Å²) in [5.74, 6) is 2.62. The van der Waals surface area contributed by atoms with Gasteiger partial charge in [-0.25, -0.2) is 9.97 Å². The van der Waals surface area contributed by atoms with Crippen LogP contribution in [0.15, 0.2) is 0 Å². The molecule has 3 N–H and O–H groups in total. The molecule has 0 aliphatic rings. The Morgan fingerprint density at radius 3 is 2.40 bits per heavy atom. The Morgan fingerprint density at radius 1 is 1.10 bits per heavy atom. The average Bonchev–Trinajstić information content (AvgIpc) is 2.46. The molecular weight excluding hydrogens is 256 g/mol. The first-order valence-corrected chi connectivity index (χ1v) is 7.26. The maximum Gasteiger partial charge on any atom is 0.134 e. The highest BCUT2D eigenvalue weighted by Gasteiger charge is 2.09. The molecule has 0 atom stereocenters. The molecule has 1 rings (SSSR count). The number of nitrogens with zero attached hydrogens (tertiary/aromatic N) is 2. The molecule has 0 radical (unpaired) electrons. The van der Waals surface area contributed by atoms with E-state index in [-0.39, 0.29) is 6.61 Å². The van der Waals surface area contributed by atoms with Gasteiger partial charge in [0.1, 0.15) is 17.5 Å². The van der Waals surface area contributed by atoms with E-state index in [0.29, 0.717) is 13.2 Å². The largest absolute Gasteiger partial charge is 0.394 e. The summed E-state index contributed by atoms with van der Waals surface area (Å²) < 4.78 is 5.22. The van der Waals surface area contributed by atoms with Crippen molar-refractivity contribution in [2.24, 2.45) is 0 Å². The number of aromatic nitrogens is 2. The Labute approximate surface area is 121 Å². The summed E-state index contributed by atoms with van der Waals surface area (Å²) in [6.45, 7) is 8.86. The van der Waals surface area contributed by atoms with Crippen molar-refractivity contribution < 1.29 is 9.84 Å². The van der Waals surface area contributed by atoms with Crippen molar-refractivity contribution in [3.8, 4) is 0 Å². The Hall–Kier alpha value is -1.40. The van der Waals surface area contributed by atoms with E-state index in [1.807, 2.05) is 13.8 Å². The topological polar surface area (TPSA) is 79.3 Å². The van der Waals surface area contributed by atoms with Crippen molar-refractivity contribution >= 4 is 11.6 Å². The summed E-state index contributed by atoms with van der Waals surface area (Å²) in [6, 6.07) is 0. The van der Waals surface area contributed by atoms with Gasteiger partial charge in [0.05, 0.1) is 13.2 Å². The number of aliphatic hydroxyl groups is 1. The smallest absolute Gasteiger partial charge is 0.134 e. The van der Waals surface area contributed by atoms with E-state index in [1.165, 1.54) is 0 Å². The maximum absolute atomic E-state index is 8.61. The van der Waals surface area contributed by atoms with Crippen molar-refractivity contribution in [1.29, 1.82) is 0 Å². The lowest BCUT2D eigenvalue weighted by Crippen LogP contribution is -2.13. The fraction of sp³-hybridized carbons (Fsp3) is 0.714. The third-order valence-electron chi connectivity index (χ3n) is 2.85. The van der Waals surface area contributed by atoms with Crippen LogP contribution in [-0.4, -0.2) is 48.0 Å². The molecule has 1 aromatic rings. The van der Waals surface area contributed by atoms with Crippen LogP contribution in [0.25, 0.3) is 0 Å². The molecule has 20 heavy (non-hydrogen) atoms. The quantitative estimate of drug-likeness (QED) is 0.566. The fourth-order valence-corrected chi connectivity index (χ4v) is 1.78. The summed E-state index contributed by atoms with van der Waals surface area (Å²) in [4.78, 5) is 9.02. The van der Waals surface area contributed by atoms with Crippen LogP contribution < -0.4 is 10.6 Å². The molecule has 0 unspecified atom stereocenters. The first-order valence-electron chi connectivity index (χ1n) is 7.26. The SMILES string of the molecule is CCNc1nc(CC)nc(NCCCOCCO)c1C. The van der Waals surface area contributed by atoms with Crippen LogP contribution >= 0.6 is 0 Å². The fourth-order valence-electron chi connectivity index (χ4n) is 1.78. The molecule has 0 aliphatic heterocycles. The molecule has 6 heteroatoms. The second kappa shape index (κ2) is 9.50. The lowest BCUT2D eigenvalue weighted by molar-refractivity contribution is 0.0922. The van der Waals surface area contributed by atoms with Gasteiger partial charge < -0.3 is 20.5 Å². The van der Waals surface area contributed by atoms with Gasteiger partial charge in [0.25, 0.3) is 0 Å². The standard InChI is InChI=1S/C14H26N4O2/c1-4-12-17-13(15-5-2)11(3)14(18-12)16-7-6-9-20-10-8-19/h19H,4-10H2,1-3H3,(H2,15,16,17,18). The van der Waals surface area contributed by atoms with Crippen molar-refractivity contribution in [3.63, 3.8) is 0 Å². The van der Waals surface area contributed by atoms with E-state index >= 15 is 0 Å². The number of hydrogen-bond donors (Lipinski definition) is 3. The zero-order valence-electron chi connectivity index (χ0n) is 12.7. The number of rotatable bonds is 10. The zero-order valence-corrected chi connectivity index (χ0v) is 12.7. The van der Waals surface area contributed by atoms with Gasteiger partial charge in [-0.3, -0.25) is 0 Å². The Morgan fingerprint density at radius 2 is 1.80 bits per heavy atom. The van der Waals surface area contributed by atoms with E-state index < -0.39 is 0 Å². The maximum atomic E-state index is 8.61. The molecule has 0 amide bonds. The van der Waals surface area contributed by atoms with Crippen molar-refractivity contribution in [2.75, 3.05) is 43.5 Å². The molecule has 1 aromatic heterocycles. The summed E-state index contributed by atoms with van der Waals surface area (Å²) in [5, 5.41) is 15.2. The highest BCUT2D eigenvalue weighted by molar-refractivity contribution is 5.57. The Balaban J connectivity index is 2.57. The third kappa shape index (κ3) is 5.30. The molecular formula is C14H26N4O2. The lowest BCUT2D eigenvalue weighted by atomic mass is 10.2. The van der Waals surface area contributed by atoms with Crippen molar-refractivity contribution in [2.45, 2.75) is 33.6 Å². The van der Waals surface area contributed by atoms with E-state index in [2.05, 4.69) is 27.5 Å². The Bertz CT molecular complexity index is 399. The number of aryl methyl sites for hydroxylation is 1. The van der Waals surface area contributed by atoms with Gasteiger partial charge >= 0.3 is 0 Å². The van der Waals surface area contributed by atoms with Crippen LogP contribution in [0.3, 0.4) is 0 Å². The minimum atomic E-state index is 0.0738. The summed E-state index contributed by atoms with van der Waals surface area (Å²) in [5.41, 5.74) is 1.04. The van der Waals surface area contributed by atoms with Gasteiger partial charge in [-0.2, -0.15) is 0 Å². The third-order valence-corrected chi connectivity index (χ3v) is 2.85. The van der Waals surface area contributed by atoms with Crippen LogP contribution in [0.2, 0.25) is 0 Å². The molecule has 0 aromatic carbocycles. The van der Waals surface area contributed by atoms with Gasteiger partial charge in [0.2, 0.25) is 0 Å². The molecule has 114 valence electrons. The highest BCUT2D eigenvalue weighted by atomic mass is 16.5. The monoisotopic (exact) mass is 282 g/mol. The first-order chi connectivity index (χ1) is 9.72. The minimum absolute atomic E-state index is 0.0738. The van der Waals surface area contributed by atoms with Gasteiger partial charge in [0.15, 0.2) is 0 Å². The van der Waals surface area contributed by atoms with E-state index in [0.717, 1.165) is 49.0 Å². The van der Waals surface area contributed by atoms with Crippen LogP contribution in [0, 0.1) is 6.92 Å². The number of nitrogens with one attached hydrogen (secondary N) is 2. The first kappa shape index (κ1) is 16.7. The van der Waals surface area contributed by atoms with Crippen molar-refractivity contribution in [1.82, 2.24) is 9.97 Å². The molecule has 6 nitrogen and oxygen atoms in total. The molecule has 0 saturated heterocycles. The summed E-state index contributed by atoms with van der Waals surface area (Å²) >= 11 is 0. The van der Waals surface area contributed by atoms with Gasteiger partial charge in [-0.15, -0.1) is 0 Å². The molecule has 1 heterocycles. The lowest BCUT2D eigenvalue weighted by Gasteiger charge is -2.14. The van der Waals surface area contributed by atoms with E-state index in [9.17, 15) is 0 Å². The van der Waals surface area contributed by atoms with Crippen molar-refractivity contribution in [3.05, 3.63) is 11.4 Å². The van der Waals surface area contributed by atoms with Crippen LogP contribution in [-0.2, 0) is 11.2 Å². The van der Waals surface area contributed by atoms with Crippen LogP contribution in [0.5, 0.6) is 0 Å². The summed E-state index contributed by atoms with van der Waals surface area (Å²) in [7, 11) is 0. The normalized spacial score (nSPS) is 10.6. The predicted molar refractivity (Wildman–Crippen MR) is 81.3 cm³/mol. The zero-order chi connectivity index (χ0) is 14.8. The highest BCUT2D eigenvalue weighted by Crippen LogP contribution is 2.20. The average molecular weight is 282 g/mol. The molecule has 0 aliphatic carbocycles. The van der Waals surface area contributed by atoms with Crippen LogP contribution in [0.4, 0.5) is 11.6 Å². The number of aliphatic hydroxyl groups excluding tert-OH is 1. The minimum Gasteiger partial charge on any atom is -0.394 e. The second-order valence-corrected chi connectivity index (χ2v) is 4.46. The Kier molecular flexibility index (Phi) is 7.91. The van der Waals surface area contributed by atoms with Gasteiger partial charge in [-0.1, -0.05) is 6.92 Å². The second-order valence-electron chi connectivity index (χ2n) is 4.46. The molecule has 0 bridgehead atoms. The van der Waals surface area contributed by atoms with Gasteiger partial charge in [0, 0.05) is 31.7 Å².